The van der Waals surface area contributed by atoms with Crippen LogP contribution in [0.1, 0.15) is 36.7 Å². The topological polar surface area (TPSA) is 69.7 Å². The Bertz CT molecular complexity index is 715. The fourth-order valence-electron chi connectivity index (χ4n) is 2.64. The first-order valence-electron chi connectivity index (χ1n) is 8.12. The van der Waals surface area contributed by atoms with Crippen molar-refractivity contribution in [3.05, 3.63) is 29.3 Å². The Morgan fingerprint density at radius 2 is 1.71 bits per heavy atom. The second kappa shape index (κ2) is 6.82. The molecule has 134 valence electrons. The van der Waals surface area contributed by atoms with E-state index < -0.39 is 15.6 Å². The molecule has 6 nitrogen and oxygen atoms in total. The van der Waals surface area contributed by atoms with Gasteiger partial charge in [-0.2, -0.15) is 0 Å². The highest BCUT2D eigenvalue weighted by Gasteiger charge is 2.26. The van der Waals surface area contributed by atoms with Crippen LogP contribution in [0.5, 0.6) is 0 Å². The fraction of sp³-hybridized carbons (Fsp3) is 0.588. The van der Waals surface area contributed by atoms with Gasteiger partial charge in [0.05, 0.1) is 4.90 Å². The van der Waals surface area contributed by atoms with Crippen LogP contribution in [0, 0.1) is 6.92 Å². The van der Waals surface area contributed by atoms with Crippen molar-refractivity contribution < 1.29 is 13.2 Å². The van der Waals surface area contributed by atoms with Crippen LogP contribution in [0.4, 0.5) is 0 Å². The maximum Gasteiger partial charge on any atom is 0.254 e. The Labute approximate surface area is 144 Å². The Hall–Kier alpha value is -1.44. The minimum Gasteiger partial charge on any atom is -0.336 e. The van der Waals surface area contributed by atoms with Gasteiger partial charge in [-0.25, -0.2) is 13.1 Å². The van der Waals surface area contributed by atoms with Crippen molar-refractivity contribution in [3.8, 4) is 0 Å². The SMILES string of the molecule is Cc1ccc(S(=O)(=O)NC(C)(C)C)cc1C(=O)N1CCN(C)CC1. The zero-order valence-corrected chi connectivity index (χ0v) is 15.9. The Morgan fingerprint density at radius 3 is 2.25 bits per heavy atom. The van der Waals surface area contributed by atoms with Gasteiger partial charge < -0.3 is 9.80 Å². The fourth-order valence-corrected chi connectivity index (χ4v) is 4.08. The van der Waals surface area contributed by atoms with Gasteiger partial charge in [0.15, 0.2) is 0 Å². The van der Waals surface area contributed by atoms with Crippen LogP contribution in [0.2, 0.25) is 0 Å². The number of nitrogens with zero attached hydrogens (tertiary/aromatic N) is 2. The molecule has 1 aliphatic heterocycles. The molecule has 0 unspecified atom stereocenters. The van der Waals surface area contributed by atoms with E-state index in [9.17, 15) is 13.2 Å². The van der Waals surface area contributed by atoms with Gasteiger partial charge in [-0.05, 0) is 52.4 Å². The van der Waals surface area contributed by atoms with E-state index in [1.807, 2.05) is 14.0 Å². The number of rotatable bonds is 3. The van der Waals surface area contributed by atoms with Crippen LogP contribution in [0.25, 0.3) is 0 Å². The maximum atomic E-state index is 12.8. The first-order chi connectivity index (χ1) is 11.0. The van der Waals surface area contributed by atoms with Crippen LogP contribution >= 0.6 is 0 Å². The average Bonchev–Trinajstić information content (AvgIpc) is 2.45. The number of likely N-dealkylation sites (N-methyl/N-ethyl adjacent to an activating group) is 1. The molecule has 0 spiro atoms. The number of benzene rings is 1. The molecule has 1 aromatic carbocycles. The molecule has 0 atom stereocenters. The van der Waals surface area contributed by atoms with Crippen molar-refractivity contribution in [2.24, 2.45) is 0 Å². The lowest BCUT2D eigenvalue weighted by molar-refractivity contribution is 0.0663. The standard InChI is InChI=1S/C17H27N3O3S/c1-13-6-7-14(24(22,23)18-17(2,3)4)12-15(13)16(21)20-10-8-19(5)9-11-20/h6-7,12,18H,8-11H2,1-5H3. The molecule has 1 saturated heterocycles. The predicted octanol–water partition coefficient (Wildman–Crippen LogP) is 1.46. The zero-order chi connectivity index (χ0) is 18.1. The Balaban J connectivity index is 2.30. The molecular formula is C17H27N3O3S. The molecule has 0 saturated carbocycles. The monoisotopic (exact) mass is 353 g/mol. The van der Waals surface area contributed by atoms with Gasteiger partial charge in [-0.15, -0.1) is 0 Å². The van der Waals surface area contributed by atoms with Gasteiger partial charge in [0, 0.05) is 37.3 Å². The number of sulfonamides is 1. The highest BCUT2D eigenvalue weighted by molar-refractivity contribution is 7.89. The van der Waals surface area contributed by atoms with Crippen molar-refractivity contribution in [3.63, 3.8) is 0 Å². The Morgan fingerprint density at radius 1 is 1.12 bits per heavy atom. The van der Waals surface area contributed by atoms with Gasteiger partial charge in [0.2, 0.25) is 10.0 Å². The van der Waals surface area contributed by atoms with Crippen LogP contribution in [-0.4, -0.2) is 62.9 Å². The van der Waals surface area contributed by atoms with E-state index in [-0.39, 0.29) is 10.8 Å². The second-order valence-electron chi connectivity index (χ2n) is 7.43. The number of hydrogen-bond acceptors (Lipinski definition) is 4. The van der Waals surface area contributed by atoms with Gasteiger partial charge in [-0.3, -0.25) is 4.79 Å². The molecule has 0 bridgehead atoms. The van der Waals surface area contributed by atoms with Gasteiger partial charge in [0.1, 0.15) is 0 Å². The van der Waals surface area contributed by atoms with Gasteiger partial charge in [-0.1, -0.05) is 6.07 Å². The highest BCUT2D eigenvalue weighted by atomic mass is 32.2. The van der Waals surface area contributed by atoms with Crippen LogP contribution in [-0.2, 0) is 10.0 Å². The lowest BCUT2D eigenvalue weighted by Crippen LogP contribution is -2.47. The summed E-state index contributed by atoms with van der Waals surface area (Å²) in [5.74, 6) is -0.103. The molecule has 1 aromatic rings. The number of aryl methyl sites for hydroxylation is 1. The number of carbonyl (C=O) groups excluding carboxylic acids is 1. The van der Waals surface area contributed by atoms with Crippen LogP contribution in [0.3, 0.4) is 0 Å². The molecule has 1 N–H and O–H groups in total. The smallest absolute Gasteiger partial charge is 0.254 e. The molecule has 1 heterocycles. The first-order valence-corrected chi connectivity index (χ1v) is 9.60. The molecule has 0 aromatic heterocycles. The summed E-state index contributed by atoms with van der Waals surface area (Å²) >= 11 is 0. The van der Waals surface area contributed by atoms with E-state index in [0.29, 0.717) is 18.7 Å². The van der Waals surface area contributed by atoms with Gasteiger partial charge in [0.25, 0.3) is 5.91 Å². The number of piperazine rings is 1. The van der Waals surface area contributed by atoms with Crippen molar-refractivity contribution in [1.82, 2.24) is 14.5 Å². The summed E-state index contributed by atoms with van der Waals surface area (Å²) in [6, 6.07) is 4.73. The van der Waals surface area contributed by atoms with E-state index in [1.54, 1.807) is 37.8 Å². The van der Waals surface area contributed by atoms with Crippen molar-refractivity contribution >= 4 is 15.9 Å². The highest BCUT2D eigenvalue weighted by Crippen LogP contribution is 2.19. The van der Waals surface area contributed by atoms with Crippen molar-refractivity contribution in [2.75, 3.05) is 33.2 Å². The molecule has 0 aliphatic carbocycles. The molecule has 7 heteroatoms. The number of nitrogens with one attached hydrogen (secondary N) is 1. The van der Waals surface area contributed by atoms with E-state index in [2.05, 4.69) is 9.62 Å². The van der Waals surface area contributed by atoms with Crippen LogP contribution in [0.15, 0.2) is 23.1 Å². The summed E-state index contributed by atoms with van der Waals surface area (Å²) in [5, 5.41) is 0. The zero-order valence-electron chi connectivity index (χ0n) is 15.1. The third-order valence-electron chi connectivity index (χ3n) is 3.98. The average molecular weight is 353 g/mol. The summed E-state index contributed by atoms with van der Waals surface area (Å²) in [4.78, 5) is 16.9. The number of hydrogen-bond donors (Lipinski definition) is 1. The normalized spacial score (nSPS) is 17.1. The third kappa shape index (κ3) is 4.55. The van der Waals surface area contributed by atoms with E-state index in [1.165, 1.54) is 6.07 Å². The van der Waals surface area contributed by atoms with Crippen molar-refractivity contribution in [1.29, 1.82) is 0 Å². The van der Waals surface area contributed by atoms with E-state index >= 15 is 0 Å². The van der Waals surface area contributed by atoms with Crippen molar-refractivity contribution in [2.45, 2.75) is 38.1 Å². The largest absolute Gasteiger partial charge is 0.336 e. The summed E-state index contributed by atoms with van der Waals surface area (Å²) < 4.78 is 27.6. The lowest BCUT2D eigenvalue weighted by Gasteiger charge is -2.32. The van der Waals surface area contributed by atoms with E-state index in [0.717, 1.165) is 18.7 Å². The molecular weight excluding hydrogens is 326 g/mol. The minimum atomic E-state index is -3.66. The molecule has 1 amide bonds. The summed E-state index contributed by atoms with van der Waals surface area (Å²) in [7, 11) is -1.63. The molecule has 2 rings (SSSR count). The number of amides is 1. The predicted molar refractivity (Wildman–Crippen MR) is 94.7 cm³/mol. The molecule has 0 radical (unpaired) electrons. The lowest BCUT2D eigenvalue weighted by atomic mass is 10.1. The minimum absolute atomic E-state index is 0.103. The Kier molecular flexibility index (Phi) is 5.37. The molecule has 24 heavy (non-hydrogen) atoms. The number of carbonyl (C=O) groups is 1. The third-order valence-corrected chi connectivity index (χ3v) is 5.74. The summed E-state index contributed by atoms with van der Waals surface area (Å²) in [6.07, 6.45) is 0. The van der Waals surface area contributed by atoms with Crippen LogP contribution < -0.4 is 4.72 Å². The molecule has 1 aliphatic rings. The second-order valence-corrected chi connectivity index (χ2v) is 9.11. The van der Waals surface area contributed by atoms with Gasteiger partial charge >= 0.3 is 0 Å². The summed E-state index contributed by atoms with van der Waals surface area (Å²) in [5.41, 5.74) is 0.663. The summed E-state index contributed by atoms with van der Waals surface area (Å²) in [6.45, 7) is 10.2. The quantitative estimate of drug-likeness (QED) is 0.893. The van der Waals surface area contributed by atoms with E-state index in [4.69, 9.17) is 0 Å². The maximum absolute atomic E-state index is 12.8. The molecule has 1 fully saturated rings. The first kappa shape index (κ1) is 18.9.